The van der Waals surface area contributed by atoms with Gasteiger partial charge in [-0.25, -0.2) is 9.49 Å². The first kappa shape index (κ1) is 19.3. The second kappa shape index (κ2) is 6.63. The van der Waals surface area contributed by atoms with E-state index in [2.05, 4.69) is 15.4 Å². The molecule has 11 heteroatoms. The molecule has 0 spiro atoms. The van der Waals surface area contributed by atoms with Gasteiger partial charge in [0, 0.05) is 5.56 Å². The van der Waals surface area contributed by atoms with Gasteiger partial charge in [0.1, 0.15) is 17.6 Å². The third kappa shape index (κ3) is 3.66. The Bertz CT molecular complexity index is 1070. The molecule has 4 nitrogen and oxygen atoms in total. The molecule has 1 heterocycles. The number of aromatic nitrogens is 3. The maximum Gasteiger partial charge on any atom is 0.417 e. The van der Waals surface area contributed by atoms with Gasteiger partial charge in [0.2, 0.25) is 0 Å². The van der Waals surface area contributed by atoms with E-state index in [1.54, 1.807) is 6.07 Å². The molecule has 0 saturated heterocycles. The summed E-state index contributed by atoms with van der Waals surface area (Å²) in [6, 6.07) is 5.13. The van der Waals surface area contributed by atoms with Crippen LogP contribution in [0.5, 0.6) is 0 Å². The fourth-order valence-corrected chi connectivity index (χ4v) is 2.60. The molecule has 2 aromatic carbocycles. The van der Waals surface area contributed by atoms with Crippen molar-refractivity contribution in [3.8, 4) is 28.5 Å². The Hall–Kier alpha value is -3.42. The topological polar surface area (TPSA) is 65.4 Å². The van der Waals surface area contributed by atoms with E-state index >= 15 is 0 Å². The minimum absolute atomic E-state index is 0.120. The standard InChI is InChI=1S/C17H7F7N4/c18-11-4-8(3-9(5-11)15-14(7-25)26-28-27-15)12-6-10(16(19,20)21)1-2-13(12)17(22,23)24/h1-6H,(H,26,27,28). The van der Waals surface area contributed by atoms with Gasteiger partial charge in [-0.1, -0.05) is 5.21 Å². The van der Waals surface area contributed by atoms with Crippen LogP contribution in [0, 0.1) is 17.1 Å². The number of benzene rings is 2. The lowest BCUT2D eigenvalue weighted by molar-refractivity contribution is -0.141. The third-order valence-electron chi connectivity index (χ3n) is 3.79. The van der Waals surface area contributed by atoms with Crippen LogP contribution in [0.4, 0.5) is 30.7 Å². The molecule has 0 bridgehead atoms. The summed E-state index contributed by atoms with van der Waals surface area (Å²) in [5, 5.41) is 18.1. The maximum atomic E-state index is 14.1. The van der Waals surface area contributed by atoms with Gasteiger partial charge in [0.15, 0.2) is 5.69 Å². The highest BCUT2D eigenvalue weighted by Crippen LogP contribution is 2.41. The minimum atomic E-state index is -4.97. The average Bonchev–Trinajstić information content (AvgIpc) is 3.08. The van der Waals surface area contributed by atoms with E-state index in [-0.39, 0.29) is 17.0 Å². The highest BCUT2D eigenvalue weighted by atomic mass is 19.4. The van der Waals surface area contributed by atoms with Gasteiger partial charge in [0.05, 0.1) is 11.1 Å². The number of nitrogens with zero attached hydrogens (tertiary/aromatic N) is 3. The number of H-pyrrole nitrogens is 1. The molecule has 0 aliphatic heterocycles. The third-order valence-corrected chi connectivity index (χ3v) is 3.79. The van der Waals surface area contributed by atoms with Gasteiger partial charge >= 0.3 is 12.4 Å². The Morgan fingerprint density at radius 2 is 1.57 bits per heavy atom. The Morgan fingerprint density at radius 1 is 0.893 bits per heavy atom. The fraction of sp³-hybridized carbons (Fsp3) is 0.118. The predicted molar refractivity (Wildman–Crippen MR) is 81.9 cm³/mol. The quantitative estimate of drug-likeness (QED) is 0.603. The Labute approximate surface area is 152 Å². The van der Waals surface area contributed by atoms with E-state index in [0.29, 0.717) is 24.3 Å². The first-order valence-electron chi connectivity index (χ1n) is 7.41. The van der Waals surface area contributed by atoms with Crippen LogP contribution >= 0.6 is 0 Å². The summed E-state index contributed by atoms with van der Waals surface area (Å²) >= 11 is 0. The van der Waals surface area contributed by atoms with Crippen LogP contribution in [-0.4, -0.2) is 15.4 Å². The van der Waals surface area contributed by atoms with Gasteiger partial charge in [0.25, 0.3) is 0 Å². The SMILES string of the molecule is N#Cc1[nH]nnc1-c1cc(F)cc(-c2cc(C(F)(F)F)ccc2C(F)(F)F)c1. The van der Waals surface area contributed by atoms with Gasteiger partial charge < -0.3 is 0 Å². The second-order valence-electron chi connectivity index (χ2n) is 5.63. The van der Waals surface area contributed by atoms with Gasteiger partial charge in [-0.05, 0) is 47.5 Å². The zero-order valence-electron chi connectivity index (χ0n) is 13.5. The van der Waals surface area contributed by atoms with Gasteiger partial charge in [-0.3, -0.25) is 0 Å². The molecule has 144 valence electrons. The molecule has 0 saturated carbocycles. The van der Waals surface area contributed by atoms with Crippen LogP contribution in [0.15, 0.2) is 36.4 Å². The van der Waals surface area contributed by atoms with E-state index in [1.165, 1.54) is 0 Å². The van der Waals surface area contributed by atoms with E-state index in [1.807, 2.05) is 0 Å². The normalized spacial score (nSPS) is 12.1. The summed E-state index contributed by atoms with van der Waals surface area (Å²) in [5.41, 5.74) is -4.45. The van der Waals surface area contributed by atoms with Gasteiger partial charge in [-0.15, -0.1) is 5.10 Å². The predicted octanol–water partition coefficient (Wildman–Crippen LogP) is 5.19. The van der Waals surface area contributed by atoms with Crippen molar-refractivity contribution < 1.29 is 30.7 Å². The highest BCUT2D eigenvalue weighted by Gasteiger charge is 2.37. The van der Waals surface area contributed by atoms with Crippen LogP contribution in [0.1, 0.15) is 16.8 Å². The first-order chi connectivity index (χ1) is 13.0. The molecule has 0 radical (unpaired) electrons. The molecule has 0 atom stereocenters. The van der Waals surface area contributed by atoms with Crippen LogP contribution in [0.3, 0.4) is 0 Å². The van der Waals surface area contributed by atoms with Crippen molar-refractivity contribution in [1.29, 1.82) is 5.26 Å². The van der Waals surface area contributed by atoms with E-state index < -0.39 is 40.4 Å². The van der Waals surface area contributed by atoms with Crippen molar-refractivity contribution in [2.45, 2.75) is 12.4 Å². The van der Waals surface area contributed by atoms with Crippen molar-refractivity contribution >= 4 is 0 Å². The Kier molecular flexibility index (Phi) is 4.58. The molecule has 1 aromatic heterocycles. The fourth-order valence-electron chi connectivity index (χ4n) is 2.60. The maximum absolute atomic E-state index is 14.1. The number of hydrogen-bond donors (Lipinski definition) is 1. The molecule has 0 aliphatic carbocycles. The summed E-state index contributed by atoms with van der Waals surface area (Å²) in [6.45, 7) is 0. The van der Waals surface area contributed by atoms with Crippen molar-refractivity contribution in [3.05, 3.63) is 59.0 Å². The van der Waals surface area contributed by atoms with Gasteiger partial charge in [-0.2, -0.15) is 31.6 Å². The number of nitrogens with one attached hydrogen (secondary N) is 1. The monoisotopic (exact) mass is 400 g/mol. The van der Waals surface area contributed by atoms with Crippen molar-refractivity contribution in [2.24, 2.45) is 0 Å². The number of nitriles is 1. The molecule has 0 fully saturated rings. The molecular formula is C17H7F7N4. The number of hydrogen-bond acceptors (Lipinski definition) is 3. The van der Waals surface area contributed by atoms with Crippen molar-refractivity contribution in [1.82, 2.24) is 15.4 Å². The van der Waals surface area contributed by atoms with E-state index in [0.717, 1.165) is 12.1 Å². The molecule has 3 rings (SSSR count). The summed E-state index contributed by atoms with van der Waals surface area (Å²) in [7, 11) is 0. The molecule has 0 amide bonds. The molecule has 28 heavy (non-hydrogen) atoms. The molecule has 0 aliphatic rings. The molecule has 1 N–H and O–H groups in total. The zero-order chi connectivity index (χ0) is 20.7. The summed E-state index contributed by atoms with van der Waals surface area (Å²) in [4.78, 5) is 0. The average molecular weight is 400 g/mol. The summed E-state index contributed by atoms with van der Waals surface area (Å²) in [5.74, 6) is -1.02. The molecule has 3 aromatic rings. The molecule has 0 unspecified atom stereocenters. The minimum Gasteiger partial charge on any atom is -0.247 e. The lowest BCUT2D eigenvalue weighted by Crippen LogP contribution is -2.11. The zero-order valence-corrected chi connectivity index (χ0v) is 13.5. The first-order valence-corrected chi connectivity index (χ1v) is 7.41. The number of aromatic amines is 1. The smallest absolute Gasteiger partial charge is 0.247 e. The summed E-state index contributed by atoms with van der Waals surface area (Å²) < 4.78 is 92.9. The van der Waals surface area contributed by atoms with Crippen LogP contribution < -0.4 is 0 Å². The van der Waals surface area contributed by atoms with E-state index in [9.17, 15) is 30.7 Å². The van der Waals surface area contributed by atoms with Crippen LogP contribution in [-0.2, 0) is 12.4 Å². The summed E-state index contributed by atoms with van der Waals surface area (Å²) in [6.07, 6.45) is -9.87. The van der Waals surface area contributed by atoms with Crippen molar-refractivity contribution in [3.63, 3.8) is 0 Å². The number of rotatable bonds is 2. The number of alkyl halides is 6. The Balaban J connectivity index is 2.27. The van der Waals surface area contributed by atoms with Crippen LogP contribution in [0.2, 0.25) is 0 Å². The molecular weight excluding hydrogens is 393 g/mol. The Morgan fingerprint density at radius 3 is 2.18 bits per heavy atom. The van der Waals surface area contributed by atoms with Crippen molar-refractivity contribution in [2.75, 3.05) is 0 Å². The lowest BCUT2D eigenvalue weighted by atomic mass is 9.94. The highest BCUT2D eigenvalue weighted by molar-refractivity contribution is 5.76. The largest absolute Gasteiger partial charge is 0.417 e. The second-order valence-corrected chi connectivity index (χ2v) is 5.63. The lowest BCUT2D eigenvalue weighted by Gasteiger charge is -2.16. The van der Waals surface area contributed by atoms with E-state index in [4.69, 9.17) is 5.26 Å². The van der Waals surface area contributed by atoms with Crippen LogP contribution in [0.25, 0.3) is 22.4 Å². The number of halogens is 7.